The maximum Gasteiger partial charge on any atom is 0.0364 e. The van der Waals surface area contributed by atoms with E-state index in [4.69, 9.17) is 0 Å². The van der Waals surface area contributed by atoms with Gasteiger partial charge in [-0.2, -0.15) is 0 Å². The second kappa shape index (κ2) is 7.05. The molecule has 0 fully saturated rings. The predicted molar refractivity (Wildman–Crippen MR) is 80.2 cm³/mol. The van der Waals surface area contributed by atoms with Gasteiger partial charge in [0.25, 0.3) is 0 Å². The van der Waals surface area contributed by atoms with Crippen LogP contribution >= 0.6 is 0 Å². The van der Waals surface area contributed by atoms with E-state index in [1.807, 2.05) is 12.4 Å². The summed E-state index contributed by atoms with van der Waals surface area (Å²) in [5.74, 6) is 0. The number of nitrogens with zero attached hydrogens (tertiary/aromatic N) is 1. The number of nitrogens with one attached hydrogen (secondary N) is 1. The van der Waals surface area contributed by atoms with Crippen molar-refractivity contribution in [1.29, 1.82) is 0 Å². The van der Waals surface area contributed by atoms with Crippen LogP contribution in [0.4, 0.5) is 0 Å². The van der Waals surface area contributed by atoms with Crippen molar-refractivity contribution in [2.45, 2.75) is 32.7 Å². The van der Waals surface area contributed by atoms with Crippen molar-refractivity contribution in [1.82, 2.24) is 10.3 Å². The molecule has 0 amide bonds. The Balaban J connectivity index is 2.19. The van der Waals surface area contributed by atoms with E-state index in [9.17, 15) is 0 Å². The van der Waals surface area contributed by atoms with Gasteiger partial charge in [-0.05, 0) is 49.1 Å². The summed E-state index contributed by atoms with van der Waals surface area (Å²) in [5.41, 5.74) is 3.98. The van der Waals surface area contributed by atoms with E-state index in [-0.39, 0.29) is 0 Å². The number of aromatic nitrogens is 1. The van der Waals surface area contributed by atoms with Crippen LogP contribution in [0.5, 0.6) is 0 Å². The molecule has 2 rings (SSSR count). The molecule has 1 aromatic carbocycles. The van der Waals surface area contributed by atoms with Crippen LogP contribution in [0.25, 0.3) is 0 Å². The van der Waals surface area contributed by atoms with Gasteiger partial charge in [-0.3, -0.25) is 4.98 Å². The molecule has 100 valence electrons. The van der Waals surface area contributed by atoms with Crippen LogP contribution in [0.15, 0.2) is 48.8 Å². The topological polar surface area (TPSA) is 24.9 Å². The summed E-state index contributed by atoms with van der Waals surface area (Å²) in [6.45, 7) is 5.37. The van der Waals surface area contributed by atoms with Crippen molar-refractivity contribution in [3.8, 4) is 0 Å². The lowest BCUT2D eigenvalue weighted by Gasteiger charge is -2.20. The molecule has 1 heterocycles. The fourth-order valence-corrected chi connectivity index (χ4v) is 2.34. The molecule has 0 spiro atoms. The van der Waals surface area contributed by atoms with Crippen molar-refractivity contribution >= 4 is 0 Å². The molecule has 0 saturated heterocycles. The van der Waals surface area contributed by atoms with Crippen molar-refractivity contribution in [3.63, 3.8) is 0 Å². The van der Waals surface area contributed by atoms with E-state index in [0.717, 1.165) is 19.4 Å². The SMILES string of the molecule is CCCNC(Cc1ccccc1)c1ccncc1C. The Kier molecular flexibility index (Phi) is 5.10. The Labute approximate surface area is 115 Å². The van der Waals surface area contributed by atoms with Gasteiger partial charge in [0.05, 0.1) is 0 Å². The molecule has 2 nitrogen and oxygen atoms in total. The van der Waals surface area contributed by atoms with Gasteiger partial charge < -0.3 is 5.32 Å². The summed E-state index contributed by atoms with van der Waals surface area (Å²) >= 11 is 0. The lowest BCUT2D eigenvalue weighted by Crippen LogP contribution is -2.24. The fourth-order valence-electron chi connectivity index (χ4n) is 2.34. The summed E-state index contributed by atoms with van der Waals surface area (Å²) in [7, 11) is 0. The Morgan fingerprint density at radius 3 is 2.63 bits per heavy atom. The maximum absolute atomic E-state index is 4.19. The summed E-state index contributed by atoms with van der Waals surface area (Å²) < 4.78 is 0. The Morgan fingerprint density at radius 1 is 1.16 bits per heavy atom. The fraction of sp³-hybridized carbons (Fsp3) is 0.353. The van der Waals surface area contributed by atoms with E-state index in [1.54, 1.807) is 0 Å². The second-order valence-corrected chi connectivity index (χ2v) is 4.93. The Bertz CT molecular complexity index is 494. The molecule has 19 heavy (non-hydrogen) atoms. The lowest BCUT2D eigenvalue weighted by atomic mass is 9.96. The third kappa shape index (κ3) is 3.90. The van der Waals surface area contributed by atoms with Crippen molar-refractivity contribution in [3.05, 3.63) is 65.5 Å². The highest BCUT2D eigenvalue weighted by Crippen LogP contribution is 2.21. The molecule has 1 N–H and O–H groups in total. The van der Waals surface area contributed by atoms with Gasteiger partial charge >= 0.3 is 0 Å². The zero-order chi connectivity index (χ0) is 13.5. The average Bonchev–Trinajstić information content (AvgIpc) is 2.45. The third-order valence-electron chi connectivity index (χ3n) is 3.36. The van der Waals surface area contributed by atoms with E-state index >= 15 is 0 Å². The molecule has 1 aromatic heterocycles. The minimum absolute atomic E-state index is 0.366. The lowest BCUT2D eigenvalue weighted by molar-refractivity contribution is 0.526. The first kappa shape index (κ1) is 13.8. The Hall–Kier alpha value is -1.67. The normalized spacial score (nSPS) is 12.3. The molecule has 0 aliphatic rings. The zero-order valence-corrected chi connectivity index (χ0v) is 11.8. The third-order valence-corrected chi connectivity index (χ3v) is 3.36. The standard InChI is InChI=1S/C17H22N2/c1-3-10-19-17(12-15-7-5-4-6-8-15)16-9-11-18-13-14(16)2/h4-9,11,13,17,19H,3,10,12H2,1-2H3. The summed E-state index contributed by atoms with van der Waals surface area (Å²) in [4.78, 5) is 4.19. The summed E-state index contributed by atoms with van der Waals surface area (Å²) in [5, 5.41) is 3.65. The zero-order valence-electron chi connectivity index (χ0n) is 11.8. The van der Waals surface area contributed by atoms with E-state index in [0.29, 0.717) is 6.04 Å². The second-order valence-electron chi connectivity index (χ2n) is 4.93. The van der Waals surface area contributed by atoms with Gasteiger partial charge in [0.15, 0.2) is 0 Å². The van der Waals surface area contributed by atoms with E-state index in [2.05, 4.69) is 60.5 Å². The summed E-state index contributed by atoms with van der Waals surface area (Å²) in [6, 6.07) is 13.2. The average molecular weight is 254 g/mol. The molecule has 1 unspecified atom stereocenters. The van der Waals surface area contributed by atoms with E-state index < -0.39 is 0 Å². The molecular formula is C17H22N2. The monoisotopic (exact) mass is 254 g/mol. The number of pyridine rings is 1. The van der Waals surface area contributed by atoms with Gasteiger partial charge in [0.1, 0.15) is 0 Å². The van der Waals surface area contributed by atoms with Crippen LogP contribution in [0.1, 0.15) is 36.1 Å². The molecular weight excluding hydrogens is 232 g/mol. The van der Waals surface area contributed by atoms with Gasteiger partial charge in [-0.15, -0.1) is 0 Å². The van der Waals surface area contributed by atoms with Crippen LogP contribution in [-0.4, -0.2) is 11.5 Å². The van der Waals surface area contributed by atoms with Crippen LogP contribution < -0.4 is 5.32 Å². The highest BCUT2D eigenvalue weighted by atomic mass is 14.9. The van der Waals surface area contributed by atoms with Gasteiger partial charge in [0.2, 0.25) is 0 Å². The van der Waals surface area contributed by atoms with Crippen LogP contribution in [0, 0.1) is 6.92 Å². The van der Waals surface area contributed by atoms with E-state index in [1.165, 1.54) is 16.7 Å². The number of benzene rings is 1. The number of hydrogen-bond donors (Lipinski definition) is 1. The van der Waals surface area contributed by atoms with Crippen molar-refractivity contribution in [2.24, 2.45) is 0 Å². The molecule has 1 atom stereocenters. The quantitative estimate of drug-likeness (QED) is 0.850. The first-order valence-electron chi connectivity index (χ1n) is 6.99. The predicted octanol–water partition coefficient (Wildman–Crippen LogP) is 3.67. The number of hydrogen-bond acceptors (Lipinski definition) is 2. The molecule has 0 saturated carbocycles. The molecule has 0 aliphatic heterocycles. The molecule has 0 aliphatic carbocycles. The van der Waals surface area contributed by atoms with Crippen LogP contribution in [0.3, 0.4) is 0 Å². The number of aryl methyl sites for hydroxylation is 1. The Morgan fingerprint density at radius 2 is 1.95 bits per heavy atom. The first-order chi connectivity index (χ1) is 9.31. The summed E-state index contributed by atoms with van der Waals surface area (Å²) in [6.07, 6.45) is 6.00. The smallest absolute Gasteiger partial charge is 0.0364 e. The largest absolute Gasteiger partial charge is 0.310 e. The van der Waals surface area contributed by atoms with Crippen molar-refractivity contribution in [2.75, 3.05) is 6.54 Å². The minimum atomic E-state index is 0.366. The maximum atomic E-state index is 4.19. The molecule has 2 heteroatoms. The van der Waals surface area contributed by atoms with Gasteiger partial charge in [-0.25, -0.2) is 0 Å². The molecule has 0 radical (unpaired) electrons. The minimum Gasteiger partial charge on any atom is -0.310 e. The van der Waals surface area contributed by atoms with Gasteiger partial charge in [-0.1, -0.05) is 37.3 Å². The highest BCUT2D eigenvalue weighted by molar-refractivity contribution is 5.28. The van der Waals surface area contributed by atoms with Gasteiger partial charge in [0, 0.05) is 18.4 Å². The highest BCUT2D eigenvalue weighted by Gasteiger charge is 2.13. The van der Waals surface area contributed by atoms with Crippen LogP contribution in [-0.2, 0) is 6.42 Å². The van der Waals surface area contributed by atoms with Crippen LogP contribution in [0.2, 0.25) is 0 Å². The molecule has 2 aromatic rings. The first-order valence-corrected chi connectivity index (χ1v) is 6.99. The number of rotatable bonds is 6. The molecule has 0 bridgehead atoms. The van der Waals surface area contributed by atoms with Crippen molar-refractivity contribution < 1.29 is 0 Å².